The number of carbonyl (C=O) groups excluding carboxylic acids is 1. The molecule has 0 aliphatic carbocycles. The molecule has 0 aromatic heterocycles. The highest BCUT2D eigenvalue weighted by molar-refractivity contribution is 9.09. The van der Waals surface area contributed by atoms with Gasteiger partial charge in [-0.2, -0.15) is 0 Å². The van der Waals surface area contributed by atoms with Crippen molar-refractivity contribution in [2.45, 2.75) is 127 Å². The minimum atomic E-state index is -4.46. The van der Waals surface area contributed by atoms with Crippen molar-refractivity contribution < 1.29 is 28.4 Å². The predicted molar refractivity (Wildman–Crippen MR) is 138 cm³/mol. The normalized spacial score (nSPS) is 13.8. The van der Waals surface area contributed by atoms with Crippen molar-refractivity contribution in [3.63, 3.8) is 0 Å². The Balaban J connectivity index is 3.66. The fourth-order valence-corrected chi connectivity index (χ4v) is 5.57. The van der Waals surface area contributed by atoms with E-state index in [-0.39, 0.29) is 22.8 Å². The molecule has 0 aromatic rings. The Morgan fingerprint density at radius 3 is 1.78 bits per heavy atom. The lowest BCUT2D eigenvalue weighted by Gasteiger charge is -2.18. The summed E-state index contributed by atoms with van der Waals surface area (Å²) >= 11 is 5.00. The van der Waals surface area contributed by atoms with E-state index in [1.165, 1.54) is 90.4 Å². The largest absolute Gasteiger partial charge is 0.469 e. The maximum absolute atomic E-state index is 11.3. The van der Waals surface area contributed by atoms with Gasteiger partial charge in [-0.3, -0.25) is 9.32 Å². The van der Waals surface area contributed by atoms with Gasteiger partial charge in [-0.25, -0.2) is 4.57 Å². The summed E-state index contributed by atoms with van der Waals surface area (Å²) in [6, 6.07) is 0. The van der Waals surface area contributed by atoms with Gasteiger partial charge >= 0.3 is 13.8 Å². The van der Waals surface area contributed by atoms with Crippen molar-refractivity contribution in [1.82, 2.24) is 0 Å². The Labute approximate surface area is 208 Å². The number of ether oxygens (including phenoxy) is 1. The van der Waals surface area contributed by atoms with Crippen LogP contribution in [0.1, 0.15) is 117 Å². The fraction of sp³-hybridized carbons (Fsp3) is 0.957. The highest BCUT2D eigenvalue weighted by atomic mass is 79.9. The predicted octanol–water partition coefficient (Wildman–Crippen LogP) is 7.74. The van der Waals surface area contributed by atoms with E-state index in [0.29, 0.717) is 12.8 Å². The lowest BCUT2D eigenvalue weighted by atomic mass is 10.0. The van der Waals surface area contributed by atoms with Gasteiger partial charge in [0, 0.05) is 11.8 Å². The molecule has 32 heavy (non-hydrogen) atoms. The topological polar surface area (TPSA) is 93.1 Å². The maximum atomic E-state index is 11.3. The van der Waals surface area contributed by atoms with Crippen LogP contribution in [0.15, 0.2) is 0 Å². The van der Waals surface area contributed by atoms with Crippen LogP contribution in [0, 0.1) is 0 Å². The number of carbonyl (C=O) groups is 1. The second-order valence-corrected chi connectivity index (χ2v) is 12.3. The molecule has 0 saturated carbocycles. The lowest BCUT2D eigenvalue weighted by Crippen LogP contribution is -2.16. The van der Waals surface area contributed by atoms with Gasteiger partial charge < -0.3 is 14.5 Å². The molecular weight excluding hydrogens is 515 g/mol. The molecule has 0 spiro atoms. The molecule has 0 bridgehead atoms. The van der Waals surface area contributed by atoms with Crippen LogP contribution in [0.25, 0.3) is 0 Å². The quantitative estimate of drug-likeness (QED) is 0.0433. The standard InChI is InChI=1S/C23H46BrO6PS/c1-3-4-5-6-7-8-9-10-11-12-13-14-15-16-19-32-23(30-21(2)25)18-17-22(24)20-29-31(26,27)28/h22-23H,3-20H2,1-2H3,(H2,26,27,28). The molecule has 0 saturated heterocycles. The molecule has 6 nitrogen and oxygen atoms in total. The molecule has 0 radical (unpaired) electrons. The van der Waals surface area contributed by atoms with Crippen LogP contribution in [-0.2, 0) is 18.6 Å². The Hall–Kier alpha value is 0.410. The molecule has 0 amide bonds. The van der Waals surface area contributed by atoms with Crippen molar-refractivity contribution in [3.05, 3.63) is 0 Å². The van der Waals surface area contributed by atoms with Crippen molar-refractivity contribution in [2.24, 2.45) is 0 Å². The first kappa shape index (κ1) is 32.4. The van der Waals surface area contributed by atoms with E-state index in [9.17, 15) is 9.36 Å². The van der Waals surface area contributed by atoms with E-state index in [0.717, 1.165) is 12.2 Å². The second-order valence-electron chi connectivity index (χ2n) is 8.47. The Bertz CT molecular complexity index is 491. The first-order chi connectivity index (χ1) is 15.2. The highest BCUT2D eigenvalue weighted by Crippen LogP contribution is 2.36. The third-order valence-corrected chi connectivity index (χ3v) is 7.67. The van der Waals surface area contributed by atoms with Crippen LogP contribution in [0.4, 0.5) is 0 Å². The van der Waals surface area contributed by atoms with Gasteiger partial charge in [-0.1, -0.05) is 106 Å². The van der Waals surface area contributed by atoms with Crippen molar-refractivity contribution in [2.75, 3.05) is 12.4 Å². The number of esters is 1. The summed E-state index contributed by atoms with van der Waals surface area (Å²) in [5.74, 6) is 0.642. The highest BCUT2D eigenvalue weighted by Gasteiger charge is 2.19. The van der Waals surface area contributed by atoms with Gasteiger partial charge in [-0.05, 0) is 25.0 Å². The molecule has 0 aliphatic rings. The van der Waals surface area contributed by atoms with E-state index in [1.54, 1.807) is 11.8 Å². The summed E-state index contributed by atoms with van der Waals surface area (Å²) < 4.78 is 20.6. The second kappa shape index (κ2) is 21.9. The average Bonchev–Trinajstić information content (AvgIpc) is 2.72. The van der Waals surface area contributed by atoms with Gasteiger partial charge in [0.2, 0.25) is 0 Å². The number of unbranched alkanes of at least 4 members (excludes halogenated alkanes) is 13. The Morgan fingerprint density at radius 1 is 0.875 bits per heavy atom. The third-order valence-electron chi connectivity index (χ3n) is 5.24. The number of alkyl halides is 1. The number of phosphoric acid groups is 1. The summed E-state index contributed by atoms with van der Waals surface area (Å²) in [5, 5.41) is 0. The first-order valence-electron chi connectivity index (χ1n) is 12.4. The van der Waals surface area contributed by atoms with E-state index in [4.69, 9.17) is 14.5 Å². The van der Waals surface area contributed by atoms with Crippen LogP contribution in [0.2, 0.25) is 0 Å². The van der Waals surface area contributed by atoms with Gasteiger partial charge in [0.25, 0.3) is 0 Å². The maximum Gasteiger partial charge on any atom is 0.469 e. The van der Waals surface area contributed by atoms with Crippen LogP contribution in [0.3, 0.4) is 0 Å². The molecule has 0 heterocycles. The van der Waals surface area contributed by atoms with Crippen molar-refractivity contribution >= 4 is 41.5 Å². The Kier molecular flexibility index (Phi) is 22.2. The van der Waals surface area contributed by atoms with Gasteiger partial charge in [0.05, 0.1) is 6.61 Å². The number of halogens is 1. The van der Waals surface area contributed by atoms with Gasteiger partial charge in [0.1, 0.15) is 5.44 Å². The fourth-order valence-electron chi connectivity index (χ4n) is 3.45. The molecular formula is C23H46BrO6PS. The average molecular weight is 562 g/mol. The summed E-state index contributed by atoms with van der Waals surface area (Å²) in [6.45, 7) is 3.58. The molecule has 9 heteroatoms. The smallest absolute Gasteiger partial charge is 0.451 e. The number of phosphoric ester groups is 1. The summed E-state index contributed by atoms with van der Waals surface area (Å²) in [6.07, 6.45) is 19.9. The zero-order valence-electron chi connectivity index (χ0n) is 20.1. The molecule has 192 valence electrons. The first-order valence-corrected chi connectivity index (χ1v) is 15.9. The molecule has 0 fully saturated rings. The third kappa shape index (κ3) is 25.0. The number of rotatable bonds is 23. The van der Waals surface area contributed by atoms with Crippen LogP contribution in [-0.4, -0.2) is 38.4 Å². The van der Waals surface area contributed by atoms with Crippen LogP contribution < -0.4 is 0 Å². The van der Waals surface area contributed by atoms with E-state index >= 15 is 0 Å². The van der Waals surface area contributed by atoms with Crippen molar-refractivity contribution in [1.29, 1.82) is 0 Å². The van der Waals surface area contributed by atoms with Gasteiger partial charge in [0.15, 0.2) is 0 Å². The van der Waals surface area contributed by atoms with Crippen LogP contribution >= 0.6 is 35.5 Å². The zero-order chi connectivity index (χ0) is 24.1. The number of thioether (sulfide) groups is 1. The SMILES string of the molecule is CCCCCCCCCCCCCCCCSC(CCC(Br)COP(=O)(O)O)OC(C)=O. The summed E-state index contributed by atoms with van der Waals surface area (Å²) in [4.78, 5) is 28.7. The number of hydrogen-bond acceptors (Lipinski definition) is 5. The van der Waals surface area contributed by atoms with E-state index in [1.807, 2.05) is 0 Å². The van der Waals surface area contributed by atoms with Crippen molar-refractivity contribution in [3.8, 4) is 0 Å². The molecule has 0 rings (SSSR count). The molecule has 0 aromatic carbocycles. The monoisotopic (exact) mass is 560 g/mol. The number of hydrogen-bond donors (Lipinski definition) is 2. The van der Waals surface area contributed by atoms with E-state index in [2.05, 4.69) is 27.4 Å². The minimum absolute atomic E-state index is 0.0826. The minimum Gasteiger partial charge on any atom is -0.451 e. The summed E-state index contributed by atoms with van der Waals surface area (Å²) in [7, 11) is -4.46. The molecule has 2 unspecified atom stereocenters. The molecule has 2 N–H and O–H groups in total. The van der Waals surface area contributed by atoms with Gasteiger partial charge in [-0.15, -0.1) is 11.8 Å². The summed E-state index contributed by atoms with van der Waals surface area (Å²) in [5.41, 5.74) is -0.232. The molecule has 2 atom stereocenters. The molecule has 0 aliphatic heterocycles. The Morgan fingerprint density at radius 2 is 1.34 bits per heavy atom. The lowest BCUT2D eigenvalue weighted by molar-refractivity contribution is -0.142. The van der Waals surface area contributed by atoms with E-state index < -0.39 is 7.82 Å². The van der Waals surface area contributed by atoms with Crippen LogP contribution in [0.5, 0.6) is 0 Å². The zero-order valence-corrected chi connectivity index (χ0v) is 23.4.